The van der Waals surface area contributed by atoms with Crippen LogP contribution in [-0.2, 0) is 10.8 Å². The van der Waals surface area contributed by atoms with Crippen LogP contribution in [0.1, 0.15) is 74.9 Å². The molecular formula is C60H52O6. The summed E-state index contributed by atoms with van der Waals surface area (Å²) in [6.45, 7) is 12.3. The minimum Gasteiger partial charge on any atom is -0.507 e. The van der Waals surface area contributed by atoms with Gasteiger partial charge in [0.05, 0.1) is 0 Å². The van der Waals surface area contributed by atoms with Gasteiger partial charge in [-0.1, -0.05) is 185 Å². The Morgan fingerprint density at radius 1 is 0.288 bits per heavy atom. The summed E-state index contributed by atoms with van der Waals surface area (Å²) in [4.78, 5) is 0. The Morgan fingerprint density at radius 3 is 0.955 bits per heavy atom. The van der Waals surface area contributed by atoms with Crippen LogP contribution in [0.3, 0.4) is 0 Å². The highest BCUT2D eigenvalue weighted by Crippen LogP contribution is 2.59. The molecule has 66 heavy (non-hydrogen) atoms. The van der Waals surface area contributed by atoms with Crippen LogP contribution in [0.5, 0.6) is 46.0 Å². The van der Waals surface area contributed by atoms with Gasteiger partial charge >= 0.3 is 0 Å². The summed E-state index contributed by atoms with van der Waals surface area (Å²) in [5.74, 6) is 3.85. The summed E-state index contributed by atoms with van der Waals surface area (Å²) < 4.78 is 13.2. The third-order valence-corrected chi connectivity index (χ3v) is 13.2. The second-order valence-corrected chi connectivity index (χ2v) is 16.5. The number of phenols is 4. The molecule has 0 spiro atoms. The zero-order chi connectivity index (χ0) is 46.3. The molecule has 0 unspecified atom stereocenters. The Bertz CT molecular complexity index is 3210. The molecule has 328 valence electrons. The highest BCUT2D eigenvalue weighted by atomic mass is 16.5. The first-order chi connectivity index (χ1) is 32.2. The summed E-state index contributed by atoms with van der Waals surface area (Å²) in [5, 5.41) is 49.1. The summed E-state index contributed by atoms with van der Waals surface area (Å²) in [7, 11) is 0. The molecule has 0 fully saturated rings. The van der Waals surface area contributed by atoms with Crippen LogP contribution in [0, 0.1) is 0 Å². The smallest absolute Gasteiger partial charge is 0.140 e. The van der Waals surface area contributed by atoms with Gasteiger partial charge in [-0.25, -0.2) is 0 Å². The van der Waals surface area contributed by atoms with Crippen LogP contribution in [0.25, 0.3) is 43.1 Å². The Morgan fingerprint density at radius 2 is 0.576 bits per heavy atom. The fraction of sp³-hybridized carbons (Fsp3) is 0.133. The summed E-state index contributed by atoms with van der Waals surface area (Å²) in [5.41, 5.74) is 4.95. The largest absolute Gasteiger partial charge is 0.507 e. The molecule has 10 aromatic rings. The van der Waals surface area contributed by atoms with Crippen molar-refractivity contribution in [1.29, 1.82) is 0 Å². The first-order valence-corrected chi connectivity index (χ1v) is 22.7. The third kappa shape index (κ3) is 6.63. The van der Waals surface area contributed by atoms with Gasteiger partial charge in [0.2, 0.25) is 0 Å². The van der Waals surface area contributed by atoms with E-state index in [0.717, 1.165) is 99.5 Å². The zero-order valence-corrected chi connectivity index (χ0v) is 37.9. The Kier molecular flexibility index (Phi) is 11.3. The molecule has 0 radical (unpaired) electrons. The van der Waals surface area contributed by atoms with Gasteiger partial charge in [-0.15, -0.1) is 0 Å². The van der Waals surface area contributed by atoms with E-state index in [9.17, 15) is 20.4 Å². The van der Waals surface area contributed by atoms with Crippen molar-refractivity contribution in [2.75, 3.05) is 0 Å². The predicted octanol–water partition coefficient (Wildman–Crippen LogP) is 15.8. The zero-order valence-electron chi connectivity index (χ0n) is 37.9. The second kappa shape index (κ2) is 17.2. The standard InChI is InChI=1S/2C28H20O3.2C2H6/c1-28(17-9-3-2-4-10-17)22-15-24(29)18-11-5-7-13-20(18)26(22)31-27-21-14-8-6-12-19(21)25(30)16-23(27)28;1-28(17-7-3-2-4-8-17)22-15-13-18-20(9-5-11-24(18)29)26(22)31-27-21-10-6-12-25(30)19(21)14-16-23(27)28;2*1-2/h2*2-16,29-30H,1H3;2*1-2H3. The highest BCUT2D eigenvalue weighted by molar-refractivity contribution is 6.01. The van der Waals surface area contributed by atoms with E-state index in [0.29, 0.717) is 0 Å². The van der Waals surface area contributed by atoms with Gasteiger partial charge in [0.15, 0.2) is 0 Å². The number of aromatic hydroxyl groups is 4. The van der Waals surface area contributed by atoms with E-state index in [2.05, 4.69) is 62.4 Å². The van der Waals surface area contributed by atoms with Gasteiger partial charge in [0, 0.05) is 76.2 Å². The molecule has 0 atom stereocenters. The van der Waals surface area contributed by atoms with Crippen molar-refractivity contribution >= 4 is 43.1 Å². The number of phenolic OH excluding ortho intramolecular Hbond substituents is 4. The van der Waals surface area contributed by atoms with Gasteiger partial charge in [-0.3, -0.25) is 0 Å². The molecule has 6 heteroatoms. The van der Waals surface area contributed by atoms with Crippen LogP contribution in [0.2, 0.25) is 0 Å². The van der Waals surface area contributed by atoms with Crippen LogP contribution in [-0.4, -0.2) is 20.4 Å². The van der Waals surface area contributed by atoms with Gasteiger partial charge in [-0.05, 0) is 49.2 Å². The van der Waals surface area contributed by atoms with Gasteiger partial charge in [0.1, 0.15) is 46.0 Å². The Balaban J connectivity index is 0.000000155. The van der Waals surface area contributed by atoms with Crippen LogP contribution >= 0.6 is 0 Å². The van der Waals surface area contributed by atoms with Crippen LogP contribution < -0.4 is 9.47 Å². The molecule has 6 nitrogen and oxygen atoms in total. The fourth-order valence-corrected chi connectivity index (χ4v) is 9.92. The lowest BCUT2D eigenvalue weighted by molar-refractivity contribution is 0.426. The first-order valence-electron chi connectivity index (χ1n) is 22.7. The number of benzene rings is 10. The van der Waals surface area contributed by atoms with E-state index in [4.69, 9.17) is 9.47 Å². The normalized spacial score (nSPS) is 13.4. The van der Waals surface area contributed by atoms with Gasteiger partial charge < -0.3 is 29.9 Å². The van der Waals surface area contributed by atoms with Crippen molar-refractivity contribution in [3.05, 3.63) is 215 Å². The quantitative estimate of drug-likeness (QED) is 0.138. The topological polar surface area (TPSA) is 99.4 Å². The minimum atomic E-state index is -0.632. The van der Waals surface area contributed by atoms with Crippen molar-refractivity contribution in [3.63, 3.8) is 0 Å². The average molecular weight is 869 g/mol. The SMILES string of the molecule is CC.CC.CC1(c2ccccc2)c2cc(O)c3ccccc3c2Oc2c1cc(O)c1ccccc21.CC1(c2ccccc2)c2ccc3c(O)cccc3c2Oc2c1ccc1c(O)cccc21. The summed E-state index contributed by atoms with van der Waals surface area (Å²) in [6, 6.07) is 58.7. The molecule has 0 aliphatic carbocycles. The van der Waals surface area contributed by atoms with Crippen LogP contribution in [0.4, 0.5) is 0 Å². The number of hydrogen-bond acceptors (Lipinski definition) is 6. The van der Waals surface area contributed by atoms with Crippen molar-refractivity contribution in [2.24, 2.45) is 0 Å². The fourth-order valence-electron chi connectivity index (χ4n) is 9.92. The molecule has 0 saturated heterocycles. The average Bonchev–Trinajstić information content (AvgIpc) is 3.37. The maximum atomic E-state index is 10.9. The molecule has 2 aliphatic heterocycles. The summed E-state index contributed by atoms with van der Waals surface area (Å²) >= 11 is 0. The Hall–Kier alpha value is -7.96. The molecule has 12 rings (SSSR count). The maximum Gasteiger partial charge on any atom is 0.140 e. The Labute approximate surface area is 385 Å². The molecule has 0 amide bonds. The first kappa shape index (κ1) is 43.3. The van der Waals surface area contributed by atoms with Crippen LogP contribution in [0.15, 0.2) is 182 Å². The van der Waals surface area contributed by atoms with E-state index < -0.39 is 10.8 Å². The molecule has 0 aromatic heterocycles. The van der Waals surface area contributed by atoms with E-state index in [1.165, 1.54) is 0 Å². The van der Waals surface area contributed by atoms with E-state index in [1.54, 1.807) is 24.3 Å². The monoisotopic (exact) mass is 868 g/mol. The number of hydrogen-bond donors (Lipinski definition) is 4. The van der Waals surface area contributed by atoms with Crippen molar-refractivity contribution in [3.8, 4) is 46.0 Å². The molecule has 10 aromatic carbocycles. The minimum absolute atomic E-state index is 0.216. The maximum absolute atomic E-state index is 10.9. The van der Waals surface area contributed by atoms with Gasteiger partial charge in [-0.2, -0.15) is 0 Å². The lowest BCUT2D eigenvalue weighted by Gasteiger charge is -2.39. The second-order valence-electron chi connectivity index (χ2n) is 16.5. The van der Waals surface area contributed by atoms with Crippen molar-refractivity contribution < 1.29 is 29.9 Å². The predicted molar refractivity (Wildman–Crippen MR) is 269 cm³/mol. The molecular weight excluding hydrogens is 817 g/mol. The van der Waals surface area contributed by atoms with Gasteiger partial charge in [0.25, 0.3) is 0 Å². The lowest BCUT2D eigenvalue weighted by atomic mass is 9.68. The molecule has 2 heterocycles. The van der Waals surface area contributed by atoms with E-state index in [1.807, 2.05) is 137 Å². The third-order valence-electron chi connectivity index (χ3n) is 13.2. The number of ether oxygens (including phenoxy) is 2. The van der Waals surface area contributed by atoms with Crippen molar-refractivity contribution in [1.82, 2.24) is 0 Å². The molecule has 2 aliphatic rings. The van der Waals surface area contributed by atoms with Crippen molar-refractivity contribution in [2.45, 2.75) is 52.4 Å². The van der Waals surface area contributed by atoms with E-state index in [-0.39, 0.29) is 23.0 Å². The lowest BCUT2D eigenvalue weighted by Crippen LogP contribution is -2.29. The summed E-state index contributed by atoms with van der Waals surface area (Å²) in [6.07, 6.45) is 0. The molecule has 4 N–H and O–H groups in total. The number of rotatable bonds is 2. The highest BCUT2D eigenvalue weighted by Gasteiger charge is 2.43. The van der Waals surface area contributed by atoms with E-state index >= 15 is 0 Å². The molecule has 0 bridgehead atoms. The molecule has 0 saturated carbocycles. The number of fused-ring (bicyclic) bond motifs is 12.